The maximum atomic E-state index is 12.1. The number of alkyl carbamates (subject to hydrolysis) is 1. The number of hydrogen-bond acceptors (Lipinski definition) is 4. The van der Waals surface area contributed by atoms with Crippen molar-refractivity contribution in [1.29, 1.82) is 0 Å². The van der Waals surface area contributed by atoms with Crippen molar-refractivity contribution in [3.8, 4) is 23.0 Å². The average molecular weight is 447 g/mol. The number of carbonyl (C=O) groups excluding carboxylic acids is 2. The van der Waals surface area contributed by atoms with Crippen molar-refractivity contribution in [2.24, 2.45) is 11.8 Å². The molecule has 7 heteroatoms. The number of fused-ring (bicyclic) bond motifs is 3. The van der Waals surface area contributed by atoms with Crippen LogP contribution < -0.4 is 10.6 Å². The van der Waals surface area contributed by atoms with Gasteiger partial charge in [-0.1, -0.05) is 60.9 Å². The van der Waals surface area contributed by atoms with Gasteiger partial charge in [0.2, 0.25) is 0 Å². The molecule has 1 fully saturated rings. The summed E-state index contributed by atoms with van der Waals surface area (Å²) in [7, 11) is 0. The van der Waals surface area contributed by atoms with Crippen LogP contribution in [0.4, 0.5) is 4.79 Å². The van der Waals surface area contributed by atoms with Crippen molar-refractivity contribution < 1.29 is 24.2 Å². The van der Waals surface area contributed by atoms with E-state index in [4.69, 9.17) is 4.74 Å². The molecular formula is C26H26N2O5. The van der Waals surface area contributed by atoms with Crippen LogP contribution in [-0.2, 0) is 14.3 Å². The summed E-state index contributed by atoms with van der Waals surface area (Å²) in [6, 6.07) is 16.2. The predicted octanol–water partition coefficient (Wildman–Crippen LogP) is 3.15. The summed E-state index contributed by atoms with van der Waals surface area (Å²) >= 11 is 0. The minimum Gasteiger partial charge on any atom is -0.481 e. The molecule has 7 nitrogen and oxygen atoms in total. The van der Waals surface area contributed by atoms with Crippen molar-refractivity contribution in [3.05, 3.63) is 59.7 Å². The van der Waals surface area contributed by atoms with E-state index in [0.29, 0.717) is 13.0 Å². The Morgan fingerprint density at radius 1 is 0.970 bits per heavy atom. The molecule has 0 bridgehead atoms. The van der Waals surface area contributed by atoms with E-state index >= 15 is 0 Å². The first-order chi connectivity index (χ1) is 16.0. The predicted molar refractivity (Wildman–Crippen MR) is 122 cm³/mol. The Balaban J connectivity index is 1.21. The average Bonchev–Trinajstić information content (AvgIpc) is 3.42. The van der Waals surface area contributed by atoms with Crippen molar-refractivity contribution in [2.45, 2.75) is 25.2 Å². The molecule has 2 atom stereocenters. The number of carboxylic acids is 1. The van der Waals surface area contributed by atoms with Gasteiger partial charge in [0.05, 0.1) is 12.5 Å². The highest BCUT2D eigenvalue weighted by Gasteiger charge is 2.32. The zero-order chi connectivity index (χ0) is 23.2. The van der Waals surface area contributed by atoms with Gasteiger partial charge in [-0.3, -0.25) is 9.59 Å². The van der Waals surface area contributed by atoms with Gasteiger partial charge in [-0.25, -0.2) is 4.79 Å². The molecule has 3 N–H and O–H groups in total. The molecule has 0 heterocycles. The lowest BCUT2D eigenvalue weighted by atomic mass is 9.96. The third-order valence-corrected chi connectivity index (χ3v) is 6.37. The van der Waals surface area contributed by atoms with Gasteiger partial charge in [-0.15, -0.1) is 0 Å². The molecular weight excluding hydrogens is 420 g/mol. The number of aliphatic carboxylic acids is 1. The Kier molecular flexibility index (Phi) is 6.94. The summed E-state index contributed by atoms with van der Waals surface area (Å²) in [4.78, 5) is 35.2. The summed E-state index contributed by atoms with van der Waals surface area (Å²) in [5.74, 6) is 3.21. The van der Waals surface area contributed by atoms with Crippen LogP contribution in [0.3, 0.4) is 0 Å². The first-order valence-electron chi connectivity index (χ1n) is 11.1. The number of nitrogens with one attached hydrogen (secondary N) is 2. The van der Waals surface area contributed by atoms with E-state index in [0.717, 1.165) is 35.1 Å². The third kappa shape index (κ3) is 5.17. The Hall–Kier alpha value is -3.79. The molecule has 2 aliphatic rings. The van der Waals surface area contributed by atoms with Crippen LogP contribution in [-0.4, -0.2) is 42.8 Å². The second-order valence-electron chi connectivity index (χ2n) is 8.33. The lowest BCUT2D eigenvalue weighted by molar-refractivity contribution is -0.143. The fraction of sp³-hybridized carbons (Fsp3) is 0.346. The first kappa shape index (κ1) is 22.4. The Morgan fingerprint density at radius 3 is 2.30 bits per heavy atom. The first-order valence-corrected chi connectivity index (χ1v) is 11.1. The van der Waals surface area contributed by atoms with Crippen molar-refractivity contribution in [2.75, 3.05) is 19.7 Å². The van der Waals surface area contributed by atoms with E-state index in [1.807, 2.05) is 24.3 Å². The standard InChI is InChI=1S/C26H26N2O5/c29-24(28-15-17-7-5-12-18(17)25(30)31)13-6-14-27-26(32)33-16-23-21-10-3-1-8-19(21)20-9-2-4-11-22(20)23/h1-4,8-11,17-18,23H,5,7,12,14-16H2,(H,27,32)(H,28,29)(H,30,31). The molecule has 2 amide bonds. The van der Waals surface area contributed by atoms with E-state index in [1.165, 1.54) is 0 Å². The molecule has 0 radical (unpaired) electrons. The van der Waals surface area contributed by atoms with Crippen molar-refractivity contribution in [1.82, 2.24) is 10.6 Å². The fourth-order valence-electron chi connectivity index (χ4n) is 4.76. The number of carboxylic acid groups (broad SMARTS) is 1. The van der Waals surface area contributed by atoms with Crippen LogP contribution in [0.15, 0.2) is 48.5 Å². The smallest absolute Gasteiger partial charge is 0.407 e. The molecule has 0 spiro atoms. The SMILES string of the molecule is O=C(C#CCNC(=O)OCC1c2ccccc2-c2ccccc21)NCC1CCCC1C(=O)O. The largest absolute Gasteiger partial charge is 0.481 e. The number of benzene rings is 2. The van der Waals surface area contributed by atoms with Crippen LogP contribution in [0.25, 0.3) is 11.1 Å². The second-order valence-corrected chi connectivity index (χ2v) is 8.33. The minimum atomic E-state index is -0.815. The summed E-state index contributed by atoms with van der Waals surface area (Å²) in [5, 5.41) is 14.4. The molecule has 4 rings (SSSR count). The van der Waals surface area contributed by atoms with Gasteiger partial charge >= 0.3 is 12.1 Å². The van der Waals surface area contributed by atoms with Gasteiger partial charge in [0.1, 0.15) is 6.61 Å². The molecule has 170 valence electrons. The van der Waals surface area contributed by atoms with Crippen molar-refractivity contribution >= 4 is 18.0 Å². The molecule has 1 saturated carbocycles. The molecule has 0 aromatic heterocycles. The van der Waals surface area contributed by atoms with Gasteiger partial charge in [0, 0.05) is 12.5 Å². The summed E-state index contributed by atoms with van der Waals surface area (Å²) in [6.45, 7) is 0.482. The van der Waals surface area contributed by atoms with Gasteiger partial charge < -0.3 is 20.5 Å². The topological polar surface area (TPSA) is 105 Å². The fourth-order valence-corrected chi connectivity index (χ4v) is 4.76. The van der Waals surface area contributed by atoms with Crippen LogP contribution in [0.2, 0.25) is 0 Å². The van der Waals surface area contributed by atoms with E-state index in [-0.39, 0.29) is 25.0 Å². The highest BCUT2D eigenvalue weighted by molar-refractivity contribution is 5.93. The number of ether oxygens (including phenoxy) is 1. The highest BCUT2D eigenvalue weighted by Crippen LogP contribution is 2.44. The Morgan fingerprint density at radius 2 is 1.64 bits per heavy atom. The van der Waals surface area contributed by atoms with Crippen LogP contribution in [0, 0.1) is 23.7 Å². The van der Waals surface area contributed by atoms with Gasteiger partial charge in [0.25, 0.3) is 5.91 Å². The molecule has 2 aliphatic carbocycles. The zero-order valence-electron chi connectivity index (χ0n) is 18.2. The molecule has 2 unspecified atom stereocenters. The molecule has 33 heavy (non-hydrogen) atoms. The van der Waals surface area contributed by atoms with Gasteiger partial charge in [-0.2, -0.15) is 0 Å². The number of amides is 2. The van der Waals surface area contributed by atoms with Gasteiger partial charge in [0.15, 0.2) is 0 Å². The van der Waals surface area contributed by atoms with E-state index < -0.39 is 23.9 Å². The Bertz CT molecular complexity index is 1070. The molecule has 2 aromatic rings. The monoisotopic (exact) mass is 446 g/mol. The number of carbonyl (C=O) groups is 3. The minimum absolute atomic E-state index is 0.0225. The summed E-state index contributed by atoms with van der Waals surface area (Å²) in [5.41, 5.74) is 4.59. The lowest BCUT2D eigenvalue weighted by Gasteiger charge is -2.15. The van der Waals surface area contributed by atoms with Crippen LogP contribution >= 0.6 is 0 Å². The maximum absolute atomic E-state index is 12.1. The zero-order valence-corrected chi connectivity index (χ0v) is 18.2. The quantitative estimate of drug-likeness (QED) is 0.592. The van der Waals surface area contributed by atoms with E-state index in [9.17, 15) is 19.5 Å². The van der Waals surface area contributed by atoms with Gasteiger partial charge in [-0.05, 0) is 46.9 Å². The maximum Gasteiger partial charge on any atom is 0.407 e. The van der Waals surface area contributed by atoms with Crippen LogP contribution in [0.1, 0.15) is 36.3 Å². The summed E-state index contributed by atoms with van der Waals surface area (Å²) < 4.78 is 5.42. The normalized spacial score (nSPS) is 18.4. The van der Waals surface area contributed by atoms with E-state index in [2.05, 4.69) is 46.7 Å². The summed E-state index contributed by atoms with van der Waals surface area (Å²) in [6.07, 6.45) is 1.69. The highest BCUT2D eigenvalue weighted by atomic mass is 16.5. The van der Waals surface area contributed by atoms with Crippen molar-refractivity contribution in [3.63, 3.8) is 0 Å². The van der Waals surface area contributed by atoms with E-state index in [1.54, 1.807) is 0 Å². The Labute approximate surface area is 192 Å². The molecule has 0 saturated heterocycles. The molecule has 0 aliphatic heterocycles. The molecule has 2 aromatic carbocycles. The lowest BCUT2D eigenvalue weighted by Crippen LogP contribution is -2.32. The number of hydrogen-bond donors (Lipinski definition) is 3. The number of rotatable bonds is 6. The van der Waals surface area contributed by atoms with Crippen LogP contribution in [0.5, 0.6) is 0 Å². The third-order valence-electron chi connectivity index (χ3n) is 6.37. The second kappa shape index (κ2) is 10.2.